The van der Waals surface area contributed by atoms with E-state index in [0.29, 0.717) is 35.6 Å². The maximum Gasteiger partial charge on any atom is 0.252 e. The van der Waals surface area contributed by atoms with Crippen molar-refractivity contribution in [3.63, 3.8) is 0 Å². The lowest BCUT2D eigenvalue weighted by Gasteiger charge is -2.35. The lowest BCUT2D eigenvalue weighted by molar-refractivity contribution is 0.0547. The Morgan fingerprint density at radius 2 is 2.14 bits per heavy atom. The topological polar surface area (TPSA) is 68.8 Å². The predicted octanol–water partition coefficient (Wildman–Crippen LogP) is 4.24. The van der Waals surface area contributed by atoms with Gasteiger partial charge in [0.25, 0.3) is 6.43 Å². The summed E-state index contributed by atoms with van der Waals surface area (Å²) in [7, 11) is 1.80. The van der Waals surface area contributed by atoms with Gasteiger partial charge in [0.05, 0.1) is 5.41 Å². The molecule has 0 aliphatic heterocycles. The minimum Gasteiger partial charge on any atom is -0.402 e. The zero-order valence-electron chi connectivity index (χ0n) is 15.7. The fraction of sp³-hybridized carbons (Fsp3) is 0.333. The number of alkyl halides is 2. The van der Waals surface area contributed by atoms with Gasteiger partial charge in [0.15, 0.2) is 5.82 Å². The van der Waals surface area contributed by atoms with Gasteiger partial charge in [0.2, 0.25) is 0 Å². The standard InChI is InChI=1S/C21H20F3N5/c1-29-10-11-4-5-26-19(18(11)28-29)27-14-2-3-17(22)16(8-14)21(20(23)24)9-13(25)6-12-7-15(12)21/h2-5,8-10,12,15,20H,6-7,25H2,1H3,(H,26,27)/t12-,15+,21-/m1/s1. The molecule has 150 valence electrons. The summed E-state index contributed by atoms with van der Waals surface area (Å²) in [4.78, 5) is 4.31. The molecule has 1 aromatic carbocycles. The Kier molecular flexibility index (Phi) is 3.88. The molecule has 5 nitrogen and oxygen atoms in total. The number of allylic oxidation sites excluding steroid dienone is 2. The second-order valence-electron chi connectivity index (χ2n) is 7.98. The first-order valence-electron chi connectivity index (χ1n) is 9.49. The smallest absolute Gasteiger partial charge is 0.252 e. The molecular formula is C21H20F3N5. The van der Waals surface area contributed by atoms with Crippen LogP contribution in [0, 0.1) is 17.7 Å². The molecule has 0 unspecified atom stereocenters. The van der Waals surface area contributed by atoms with E-state index in [1.54, 1.807) is 17.9 Å². The number of aryl methyl sites for hydroxylation is 1. The zero-order chi connectivity index (χ0) is 20.3. The number of nitrogens with one attached hydrogen (secondary N) is 1. The van der Waals surface area contributed by atoms with Crippen molar-refractivity contribution in [3.05, 3.63) is 59.8 Å². The van der Waals surface area contributed by atoms with Gasteiger partial charge in [-0.25, -0.2) is 18.2 Å². The van der Waals surface area contributed by atoms with E-state index >= 15 is 0 Å². The van der Waals surface area contributed by atoms with E-state index in [-0.39, 0.29) is 17.4 Å². The fourth-order valence-corrected chi connectivity index (χ4v) is 4.68. The summed E-state index contributed by atoms with van der Waals surface area (Å²) in [6, 6.07) is 6.02. The van der Waals surface area contributed by atoms with Crippen molar-refractivity contribution in [2.75, 3.05) is 5.32 Å². The largest absolute Gasteiger partial charge is 0.402 e. The Morgan fingerprint density at radius 3 is 2.93 bits per heavy atom. The van der Waals surface area contributed by atoms with Gasteiger partial charge in [0.1, 0.15) is 11.3 Å². The van der Waals surface area contributed by atoms with Crippen molar-refractivity contribution in [1.82, 2.24) is 14.8 Å². The third kappa shape index (κ3) is 2.77. The number of nitrogens with two attached hydrogens (primary N) is 1. The number of aromatic nitrogens is 3. The Labute approximate surface area is 165 Å². The predicted molar refractivity (Wildman–Crippen MR) is 104 cm³/mol. The van der Waals surface area contributed by atoms with Crippen LogP contribution in [-0.4, -0.2) is 21.2 Å². The van der Waals surface area contributed by atoms with Gasteiger partial charge in [-0.15, -0.1) is 0 Å². The van der Waals surface area contributed by atoms with Crippen molar-refractivity contribution in [2.45, 2.75) is 24.7 Å². The van der Waals surface area contributed by atoms with Crippen molar-refractivity contribution in [2.24, 2.45) is 24.6 Å². The molecule has 0 radical (unpaired) electrons. The molecule has 29 heavy (non-hydrogen) atoms. The normalized spacial score (nSPS) is 25.8. The number of hydrogen-bond acceptors (Lipinski definition) is 4. The van der Waals surface area contributed by atoms with E-state index in [1.807, 2.05) is 12.3 Å². The highest BCUT2D eigenvalue weighted by molar-refractivity contribution is 5.89. The summed E-state index contributed by atoms with van der Waals surface area (Å²) in [5.41, 5.74) is 5.75. The quantitative estimate of drug-likeness (QED) is 0.689. The van der Waals surface area contributed by atoms with Crippen LogP contribution in [0.25, 0.3) is 10.9 Å². The second kappa shape index (κ2) is 6.23. The fourth-order valence-electron chi connectivity index (χ4n) is 4.68. The first kappa shape index (κ1) is 18.0. The molecule has 0 amide bonds. The Morgan fingerprint density at radius 1 is 1.31 bits per heavy atom. The van der Waals surface area contributed by atoms with Crippen LogP contribution < -0.4 is 11.1 Å². The van der Waals surface area contributed by atoms with Crippen LogP contribution in [0.2, 0.25) is 0 Å². The highest BCUT2D eigenvalue weighted by Crippen LogP contribution is 2.61. The number of halogens is 3. The van der Waals surface area contributed by atoms with E-state index < -0.39 is 17.7 Å². The van der Waals surface area contributed by atoms with Gasteiger partial charge < -0.3 is 11.1 Å². The minimum absolute atomic E-state index is 0.0270. The summed E-state index contributed by atoms with van der Waals surface area (Å²) in [5.74, 6) is -0.378. The second-order valence-corrected chi connectivity index (χ2v) is 7.98. The average molecular weight is 399 g/mol. The first-order valence-corrected chi connectivity index (χ1v) is 9.49. The number of benzene rings is 1. The summed E-state index contributed by atoms with van der Waals surface area (Å²) in [6.45, 7) is 0. The lowest BCUT2D eigenvalue weighted by atomic mass is 9.71. The van der Waals surface area contributed by atoms with Gasteiger partial charge in [-0.3, -0.25) is 4.68 Å². The molecule has 0 bridgehead atoms. The van der Waals surface area contributed by atoms with Gasteiger partial charge in [-0.2, -0.15) is 5.10 Å². The molecule has 3 aromatic rings. The molecular weight excluding hydrogens is 379 g/mol. The molecule has 2 heterocycles. The van der Waals surface area contributed by atoms with Crippen LogP contribution >= 0.6 is 0 Å². The lowest BCUT2D eigenvalue weighted by Crippen LogP contribution is -2.39. The number of nitrogens with zero attached hydrogens (tertiary/aromatic N) is 3. The summed E-state index contributed by atoms with van der Waals surface area (Å²) < 4.78 is 45.2. The number of fused-ring (bicyclic) bond motifs is 2. The summed E-state index contributed by atoms with van der Waals surface area (Å²) in [6.07, 6.45) is 3.35. The number of anilines is 2. The van der Waals surface area contributed by atoms with Gasteiger partial charge in [-0.1, -0.05) is 0 Å². The average Bonchev–Trinajstić information content (AvgIpc) is 3.34. The SMILES string of the molecule is Cn1cc2ccnc(Nc3ccc(F)c([C@@]4(C(F)F)C=C(N)C[C@@H]5C[C@@H]54)c3)c2n1. The van der Waals surface area contributed by atoms with E-state index in [4.69, 9.17) is 5.73 Å². The highest BCUT2D eigenvalue weighted by Gasteiger charge is 2.60. The third-order valence-corrected chi connectivity index (χ3v) is 6.05. The number of hydrogen-bond donors (Lipinski definition) is 2. The minimum atomic E-state index is -2.75. The van der Waals surface area contributed by atoms with Crippen LogP contribution in [0.1, 0.15) is 18.4 Å². The Hall–Kier alpha value is -3.03. The van der Waals surface area contributed by atoms with E-state index in [2.05, 4.69) is 15.4 Å². The number of rotatable bonds is 4. The maximum atomic E-state index is 14.8. The molecule has 0 saturated heterocycles. The third-order valence-electron chi connectivity index (χ3n) is 6.05. The molecule has 5 rings (SSSR count). The van der Waals surface area contributed by atoms with E-state index in [9.17, 15) is 13.2 Å². The molecule has 8 heteroatoms. The van der Waals surface area contributed by atoms with Gasteiger partial charge in [0, 0.05) is 41.8 Å². The van der Waals surface area contributed by atoms with Crippen LogP contribution in [0.5, 0.6) is 0 Å². The van der Waals surface area contributed by atoms with E-state index in [1.165, 1.54) is 24.3 Å². The van der Waals surface area contributed by atoms with Crippen molar-refractivity contribution >= 4 is 22.4 Å². The van der Waals surface area contributed by atoms with Gasteiger partial charge in [-0.05, 0) is 55.0 Å². The Bertz CT molecular complexity index is 1140. The molecule has 1 fully saturated rings. The zero-order valence-corrected chi connectivity index (χ0v) is 15.7. The first-order chi connectivity index (χ1) is 13.9. The highest BCUT2D eigenvalue weighted by atomic mass is 19.3. The molecule has 1 saturated carbocycles. The van der Waals surface area contributed by atoms with E-state index in [0.717, 1.165) is 5.39 Å². The van der Waals surface area contributed by atoms with Crippen LogP contribution in [-0.2, 0) is 12.5 Å². The molecule has 3 N–H and O–H groups in total. The molecule has 2 aromatic heterocycles. The molecule has 3 atom stereocenters. The van der Waals surface area contributed by atoms with Crippen molar-refractivity contribution in [3.8, 4) is 0 Å². The molecule has 2 aliphatic rings. The maximum absolute atomic E-state index is 14.8. The molecule has 2 aliphatic carbocycles. The van der Waals surface area contributed by atoms with Crippen LogP contribution in [0.15, 0.2) is 48.4 Å². The van der Waals surface area contributed by atoms with Crippen molar-refractivity contribution in [1.29, 1.82) is 0 Å². The Balaban J connectivity index is 1.59. The molecule has 0 spiro atoms. The van der Waals surface area contributed by atoms with Crippen LogP contribution in [0.3, 0.4) is 0 Å². The van der Waals surface area contributed by atoms with Gasteiger partial charge >= 0.3 is 0 Å². The van der Waals surface area contributed by atoms with Crippen molar-refractivity contribution < 1.29 is 13.2 Å². The summed E-state index contributed by atoms with van der Waals surface area (Å²) in [5, 5.41) is 8.38. The monoisotopic (exact) mass is 399 g/mol. The van der Waals surface area contributed by atoms with Crippen LogP contribution in [0.4, 0.5) is 24.7 Å². The summed E-state index contributed by atoms with van der Waals surface area (Å²) >= 11 is 0. The number of pyridine rings is 1.